The van der Waals surface area contributed by atoms with Gasteiger partial charge < -0.3 is 15.6 Å². The summed E-state index contributed by atoms with van der Waals surface area (Å²) in [7, 11) is -4.34. The summed E-state index contributed by atoms with van der Waals surface area (Å²) in [5.41, 5.74) is 4.26. The zero-order chi connectivity index (χ0) is 24.0. The minimum atomic E-state index is -4.34. The van der Waals surface area contributed by atoms with Crippen LogP contribution < -0.4 is 11.4 Å². The van der Waals surface area contributed by atoms with Gasteiger partial charge in [0.25, 0.3) is 0 Å². The highest BCUT2D eigenvalue weighted by Gasteiger charge is 2.60. The number of aliphatic hydroxyl groups excluding tert-OH is 1. The van der Waals surface area contributed by atoms with Gasteiger partial charge in [-0.2, -0.15) is 13.8 Å². The average Bonchev–Trinajstić information content (AvgIpc) is 2.97. The molecule has 0 amide bonds. The van der Waals surface area contributed by atoms with Crippen LogP contribution in [-0.2, 0) is 22.9 Å². The lowest BCUT2D eigenvalue weighted by atomic mass is 10.1. The van der Waals surface area contributed by atoms with Gasteiger partial charge >= 0.3 is 19.4 Å². The third kappa shape index (κ3) is 4.80. The molecule has 10 nitrogen and oxygen atoms in total. The molecule has 1 aromatic carbocycles. The van der Waals surface area contributed by atoms with Crippen LogP contribution in [0.2, 0.25) is 5.02 Å². The Hall–Kier alpha value is -1.99. The molecule has 2 saturated heterocycles. The SMILES string of the molecule is Nc1ccn([C@@H]2O[C@H](COP3(=O)OCC[C@H](c4cc(Cl)ccc4F)O3)[C@@H](O)C2(F)F)c(=O)n1. The van der Waals surface area contributed by atoms with E-state index in [9.17, 15) is 27.6 Å². The Balaban J connectivity index is 1.47. The number of nitrogen functional groups attached to an aromatic ring is 1. The average molecular weight is 512 g/mol. The van der Waals surface area contributed by atoms with E-state index >= 15 is 0 Å². The van der Waals surface area contributed by atoms with Crippen molar-refractivity contribution in [2.24, 2.45) is 0 Å². The Bertz CT molecular complexity index is 1150. The number of phosphoric ester groups is 1. The first kappa shape index (κ1) is 24.1. The number of hydrogen-bond donors (Lipinski definition) is 2. The Labute approximate surface area is 189 Å². The summed E-state index contributed by atoms with van der Waals surface area (Å²) < 4.78 is 77.2. The van der Waals surface area contributed by atoms with Gasteiger partial charge in [0, 0.05) is 23.2 Å². The highest BCUT2D eigenvalue weighted by Crippen LogP contribution is 2.58. The Morgan fingerprint density at radius 1 is 1.39 bits per heavy atom. The van der Waals surface area contributed by atoms with Crippen molar-refractivity contribution in [3.05, 3.63) is 57.3 Å². The van der Waals surface area contributed by atoms with Crippen molar-refractivity contribution in [2.75, 3.05) is 18.9 Å². The molecule has 0 saturated carbocycles. The van der Waals surface area contributed by atoms with Gasteiger partial charge in [-0.3, -0.25) is 18.1 Å². The van der Waals surface area contributed by atoms with E-state index < -0.39 is 56.4 Å². The van der Waals surface area contributed by atoms with Gasteiger partial charge in [0.1, 0.15) is 17.7 Å². The number of alkyl halides is 2. The van der Waals surface area contributed by atoms with E-state index in [4.69, 9.17) is 35.6 Å². The molecule has 1 unspecified atom stereocenters. The summed E-state index contributed by atoms with van der Waals surface area (Å²) in [6, 6.07) is 4.84. The fourth-order valence-corrected chi connectivity index (χ4v) is 4.99. The van der Waals surface area contributed by atoms with Crippen LogP contribution >= 0.6 is 19.4 Å². The van der Waals surface area contributed by atoms with E-state index in [2.05, 4.69) is 4.98 Å². The number of halogens is 4. The highest BCUT2D eigenvalue weighted by molar-refractivity contribution is 7.48. The fourth-order valence-electron chi connectivity index (χ4n) is 3.43. The molecule has 2 fully saturated rings. The molecule has 3 N–H and O–H groups in total. The smallest absolute Gasteiger partial charge is 0.384 e. The molecule has 3 heterocycles. The Kier molecular flexibility index (Phi) is 6.58. The first-order chi connectivity index (χ1) is 15.5. The summed E-state index contributed by atoms with van der Waals surface area (Å²) in [5, 5.41) is 10.3. The largest absolute Gasteiger partial charge is 0.475 e. The number of hydrogen-bond acceptors (Lipinski definition) is 9. The maximum atomic E-state index is 14.6. The molecular formula is C18H18ClF3N3O7P. The molecule has 2 aliphatic heterocycles. The standard InChI is InChI=1S/C18H18ClF3N3O7P/c19-9-1-2-11(20)10(7-9)12-4-6-29-33(28,32-12)30-8-13-15(26)18(21,22)16(31-13)25-5-3-14(23)24-17(25)27/h1-3,5,7,12-13,15-16,26H,4,6,8H2,(H2,23,24,27)/t12-,13-,15-,16-,33?/m1/s1. The number of ether oxygens (including phenoxy) is 1. The molecule has 0 radical (unpaired) electrons. The van der Waals surface area contributed by atoms with Gasteiger partial charge in [0.15, 0.2) is 6.10 Å². The van der Waals surface area contributed by atoms with Crippen LogP contribution in [0.5, 0.6) is 0 Å². The molecule has 0 bridgehead atoms. The van der Waals surface area contributed by atoms with Crippen LogP contribution in [0.3, 0.4) is 0 Å². The lowest BCUT2D eigenvalue weighted by Gasteiger charge is -2.30. The molecule has 15 heteroatoms. The normalized spacial score (nSPS) is 31.5. The maximum absolute atomic E-state index is 14.6. The first-order valence-electron chi connectivity index (χ1n) is 9.58. The molecule has 5 atom stereocenters. The minimum absolute atomic E-state index is 0.0219. The van der Waals surface area contributed by atoms with E-state index in [-0.39, 0.29) is 29.4 Å². The minimum Gasteiger partial charge on any atom is -0.384 e. The number of nitrogens with zero attached hydrogens (tertiary/aromatic N) is 2. The van der Waals surface area contributed by atoms with Crippen molar-refractivity contribution in [3.63, 3.8) is 0 Å². The van der Waals surface area contributed by atoms with E-state index in [1.807, 2.05) is 0 Å². The van der Waals surface area contributed by atoms with Crippen LogP contribution in [-0.4, -0.2) is 46.0 Å². The van der Waals surface area contributed by atoms with Gasteiger partial charge in [-0.15, -0.1) is 0 Å². The first-order valence-corrected chi connectivity index (χ1v) is 11.4. The second kappa shape index (κ2) is 8.99. The topological polar surface area (TPSA) is 135 Å². The van der Waals surface area contributed by atoms with Crippen LogP contribution in [0, 0.1) is 5.82 Å². The van der Waals surface area contributed by atoms with Crippen molar-refractivity contribution in [1.82, 2.24) is 9.55 Å². The van der Waals surface area contributed by atoms with Crippen LogP contribution in [0.15, 0.2) is 35.3 Å². The summed E-state index contributed by atoms with van der Waals surface area (Å²) in [6.45, 7) is -0.986. The number of aromatic nitrogens is 2. The fraction of sp³-hybridized carbons (Fsp3) is 0.444. The Morgan fingerprint density at radius 3 is 2.88 bits per heavy atom. The molecular weight excluding hydrogens is 494 g/mol. The second-order valence-corrected chi connectivity index (χ2v) is 9.37. The van der Waals surface area contributed by atoms with Gasteiger partial charge in [-0.1, -0.05) is 11.6 Å². The third-order valence-corrected chi connectivity index (χ3v) is 6.78. The molecule has 4 rings (SSSR count). The van der Waals surface area contributed by atoms with Gasteiger partial charge in [-0.05, 0) is 24.3 Å². The summed E-state index contributed by atoms with van der Waals surface area (Å²) in [6.07, 6.45) is -6.32. The number of rotatable bonds is 5. The summed E-state index contributed by atoms with van der Waals surface area (Å²) in [4.78, 5) is 15.3. The Morgan fingerprint density at radius 2 is 2.15 bits per heavy atom. The number of benzene rings is 1. The van der Waals surface area contributed by atoms with Crippen molar-refractivity contribution in [3.8, 4) is 0 Å². The molecule has 2 aromatic rings. The maximum Gasteiger partial charge on any atom is 0.475 e. The predicted octanol–water partition coefficient (Wildman–Crippen LogP) is 2.81. The highest BCUT2D eigenvalue weighted by atomic mass is 35.5. The van der Waals surface area contributed by atoms with E-state index in [1.165, 1.54) is 12.1 Å². The molecule has 33 heavy (non-hydrogen) atoms. The molecule has 0 spiro atoms. The van der Waals surface area contributed by atoms with Gasteiger partial charge in [0.2, 0.25) is 6.23 Å². The van der Waals surface area contributed by atoms with Gasteiger partial charge in [-0.25, -0.2) is 13.8 Å². The van der Waals surface area contributed by atoms with Crippen LogP contribution in [0.1, 0.15) is 24.3 Å². The van der Waals surface area contributed by atoms with E-state index in [0.717, 1.165) is 18.3 Å². The van der Waals surface area contributed by atoms with Crippen molar-refractivity contribution < 1.29 is 41.2 Å². The second-order valence-electron chi connectivity index (χ2n) is 7.31. The predicted molar refractivity (Wildman–Crippen MR) is 107 cm³/mol. The van der Waals surface area contributed by atoms with Crippen molar-refractivity contribution in [2.45, 2.75) is 36.9 Å². The lowest BCUT2D eigenvalue weighted by molar-refractivity contribution is -0.140. The molecule has 1 aromatic heterocycles. The van der Waals surface area contributed by atoms with Crippen LogP contribution in [0.25, 0.3) is 0 Å². The third-order valence-electron chi connectivity index (χ3n) is 5.07. The quantitative estimate of drug-likeness (QED) is 0.581. The van der Waals surface area contributed by atoms with Crippen molar-refractivity contribution in [1.29, 1.82) is 0 Å². The van der Waals surface area contributed by atoms with Gasteiger partial charge in [0.05, 0.1) is 19.3 Å². The monoisotopic (exact) mass is 511 g/mol. The molecule has 0 aliphatic carbocycles. The molecule has 2 aliphatic rings. The molecule has 180 valence electrons. The summed E-state index contributed by atoms with van der Waals surface area (Å²) in [5.74, 6) is -4.77. The number of nitrogens with two attached hydrogens (primary N) is 1. The zero-order valence-corrected chi connectivity index (χ0v) is 18.3. The number of phosphoric acid groups is 1. The summed E-state index contributed by atoms with van der Waals surface area (Å²) >= 11 is 5.88. The van der Waals surface area contributed by atoms with Crippen LogP contribution in [0.4, 0.5) is 19.0 Å². The number of aliphatic hydroxyl groups is 1. The number of anilines is 1. The van der Waals surface area contributed by atoms with E-state index in [0.29, 0.717) is 4.57 Å². The van der Waals surface area contributed by atoms with E-state index in [1.54, 1.807) is 0 Å². The van der Waals surface area contributed by atoms with Crippen molar-refractivity contribution >= 4 is 25.2 Å². The lowest BCUT2D eigenvalue weighted by Crippen LogP contribution is -2.42. The zero-order valence-electron chi connectivity index (χ0n) is 16.6.